The Labute approximate surface area is 66.1 Å². The number of piperidine rings is 1. The molecule has 1 saturated heterocycles. The van der Waals surface area contributed by atoms with Crippen molar-refractivity contribution in [2.45, 2.75) is 31.9 Å². The zero-order chi connectivity index (χ0) is 7.84. The predicted octanol–water partition coefficient (Wildman–Crippen LogP) is 0.300. The van der Waals surface area contributed by atoms with Crippen LogP contribution in [-0.4, -0.2) is 24.7 Å². The van der Waals surface area contributed by atoms with Gasteiger partial charge in [0.2, 0.25) is 0 Å². The summed E-state index contributed by atoms with van der Waals surface area (Å²) in [5.74, 6) is 0.605. The molecule has 3 atom stereocenters. The molecule has 0 radical (unpaired) electrons. The monoisotopic (exact) mass is 155 g/mol. The molecule has 1 heterocycles. The third-order valence-electron chi connectivity index (χ3n) is 2.59. The lowest BCUT2D eigenvalue weighted by Crippen LogP contribution is -2.39. The average Bonchev–Trinajstić information content (AvgIpc) is 2.45. The quantitative estimate of drug-likeness (QED) is 0.553. The topological polar surface area (TPSA) is 38.3 Å². The van der Waals surface area contributed by atoms with Gasteiger partial charge in [-0.2, -0.15) is 0 Å². The molecular weight excluding hydrogens is 142 g/mol. The molecule has 2 bridgehead atoms. The Kier molecular flexibility index (Phi) is 1.60. The van der Waals surface area contributed by atoms with Crippen molar-refractivity contribution in [3.63, 3.8) is 0 Å². The minimum Gasteiger partial charge on any atom is -0.461 e. The molecule has 0 aromatic heterocycles. The van der Waals surface area contributed by atoms with Crippen LogP contribution >= 0.6 is 0 Å². The smallest absolute Gasteiger partial charge is 0.302 e. The Morgan fingerprint density at radius 3 is 2.82 bits per heavy atom. The first-order valence-corrected chi connectivity index (χ1v) is 4.16. The van der Waals surface area contributed by atoms with Crippen molar-refractivity contribution in [1.29, 1.82) is 0 Å². The summed E-state index contributed by atoms with van der Waals surface area (Å²) in [7, 11) is 0. The van der Waals surface area contributed by atoms with Crippen LogP contribution in [0, 0.1) is 5.92 Å². The standard InChI is InChI=1S/C8H13NO2/c1-5(10)11-8-3-6-2-7(8)9-4-6/h6-9H,2-4H2,1H3/t6?,7-,8?/m1/s1. The summed E-state index contributed by atoms with van der Waals surface area (Å²) in [5, 5.41) is 3.33. The highest BCUT2D eigenvalue weighted by atomic mass is 16.5. The van der Waals surface area contributed by atoms with Crippen LogP contribution in [0.2, 0.25) is 0 Å². The summed E-state index contributed by atoms with van der Waals surface area (Å²) >= 11 is 0. The van der Waals surface area contributed by atoms with E-state index in [4.69, 9.17) is 4.74 Å². The van der Waals surface area contributed by atoms with E-state index in [2.05, 4.69) is 5.32 Å². The van der Waals surface area contributed by atoms with E-state index in [9.17, 15) is 4.79 Å². The van der Waals surface area contributed by atoms with Gasteiger partial charge in [0.05, 0.1) is 0 Å². The van der Waals surface area contributed by atoms with Gasteiger partial charge in [0.1, 0.15) is 6.10 Å². The molecule has 3 heteroatoms. The van der Waals surface area contributed by atoms with E-state index in [1.54, 1.807) is 0 Å². The number of hydrogen-bond donors (Lipinski definition) is 1. The molecule has 0 aromatic rings. The Morgan fingerprint density at radius 1 is 1.55 bits per heavy atom. The lowest BCUT2D eigenvalue weighted by molar-refractivity contribution is -0.147. The number of rotatable bonds is 1. The molecule has 0 amide bonds. The molecule has 2 fully saturated rings. The van der Waals surface area contributed by atoms with E-state index in [1.165, 1.54) is 13.3 Å². The second kappa shape index (κ2) is 2.48. The number of hydrogen-bond acceptors (Lipinski definition) is 3. The minimum absolute atomic E-state index is 0.149. The van der Waals surface area contributed by atoms with Gasteiger partial charge in [-0.25, -0.2) is 0 Å². The van der Waals surface area contributed by atoms with E-state index < -0.39 is 0 Å². The van der Waals surface area contributed by atoms with Gasteiger partial charge in [0.25, 0.3) is 0 Å². The maximum Gasteiger partial charge on any atom is 0.302 e. The largest absolute Gasteiger partial charge is 0.461 e. The fourth-order valence-electron chi connectivity index (χ4n) is 2.14. The molecule has 2 aliphatic rings. The van der Waals surface area contributed by atoms with Gasteiger partial charge in [-0.05, 0) is 25.3 Å². The van der Waals surface area contributed by atoms with Gasteiger partial charge in [-0.1, -0.05) is 0 Å². The molecular formula is C8H13NO2. The van der Waals surface area contributed by atoms with Crippen LogP contribution in [0.25, 0.3) is 0 Å². The number of carbonyl (C=O) groups excluding carboxylic acids is 1. The Morgan fingerprint density at radius 2 is 2.36 bits per heavy atom. The number of nitrogens with one attached hydrogen (secondary N) is 1. The first-order valence-electron chi connectivity index (χ1n) is 4.16. The minimum atomic E-state index is -0.149. The zero-order valence-electron chi connectivity index (χ0n) is 6.67. The molecule has 1 aliphatic carbocycles. The SMILES string of the molecule is CC(=O)OC1CC2CN[C@@H]1C2. The molecule has 2 rings (SSSR count). The average molecular weight is 155 g/mol. The van der Waals surface area contributed by atoms with Gasteiger partial charge < -0.3 is 10.1 Å². The summed E-state index contributed by atoms with van der Waals surface area (Å²) in [6.45, 7) is 2.59. The Balaban J connectivity index is 1.92. The summed E-state index contributed by atoms with van der Waals surface area (Å²) in [6.07, 6.45) is 2.42. The van der Waals surface area contributed by atoms with Gasteiger partial charge in [0, 0.05) is 13.0 Å². The first kappa shape index (κ1) is 7.10. The number of carbonyl (C=O) groups is 1. The van der Waals surface area contributed by atoms with E-state index in [1.807, 2.05) is 0 Å². The van der Waals surface area contributed by atoms with E-state index >= 15 is 0 Å². The fourth-order valence-corrected chi connectivity index (χ4v) is 2.14. The van der Waals surface area contributed by atoms with Crippen molar-refractivity contribution in [1.82, 2.24) is 5.32 Å². The van der Waals surface area contributed by atoms with Crippen LogP contribution in [-0.2, 0) is 9.53 Å². The van der Waals surface area contributed by atoms with Crippen LogP contribution in [0.1, 0.15) is 19.8 Å². The van der Waals surface area contributed by atoms with Gasteiger partial charge in [0.15, 0.2) is 0 Å². The molecule has 1 aliphatic heterocycles. The van der Waals surface area contributed by atoms with E-state index in [-0.39, 0.29) is 12.1 Å². The summed E-state index contributed by atoms with van der Waals surface area (Å²) in [5.41, 5.74) is 0. The highest BCUT2D eigenvalue weighted by Crippen LogP contribution is 2.32. The van der Waals surface area contributed by atoms with Crippen molar-refractivity contribution >= 4 is 5.97 Å². The number of fused-ring (bicyclic) bond motifs is 2. The molecule has 0 aromatic carbocycles. The van der Waals surface area contributed by atoms with Crippen molar-refractivity contribution in [3.05, 3.63) is 0 Å². The van der Waals surface area contributed by atoms with Gasteiger partial charge >= 0.3 is 5.97 Å². The van der Waals surface area contributed by atoms with Crippen molar-refractivity contribution in [3.8, 4) is 0 Å². The summed E-state index contributed by atoms with van der Waals surface area (Å²) < 4.78 is 5.14. The molecule has 0 spiro atoms. The maximum atomic E-state index is 10.6. The third-order valence-corrected chi connectivity index (χ3v) is 2.59. The first-order chi connectivity index (χ1) is 5.25. The lowest BCUT2D eigenvalue weighted by Gasteiger charge is -2.21. The zero-order valence-corrected chi connectivity index (χ0v) is 6.67. The van der Waals surface area contributed by atoms with E-state index in [0.717, 1.165) is 18.9 Å². The van der Waals surface area contributed by atoms with Crippen molar-refractivity contribution < 1.29 is 9.53 Å². The molecule has 2 unspecified atom stereocenters. The van der Waals surface area contributed by atoms with Crippen LogP contribution in [0.4, 0.5) is 0 Å². The van der Waals surface area contributed by atoms with Crippen LogP contribution < -0.4 is 5.32 Å². The number of ether oxygens (including phenoxy) is 1. The van der Waals surface area contributed by atoms with Gasteiger partial charge in [-0.3, -0.25) is 4.79 Å². The van der Waals surface area contributed by atoms with E-state index in [0.29, 0.717) is 6.04 Å². The highest BCUT2D eigenvalue weighted by Gasteiger charge is 2.41. The fraction of sp³-hybridized carbons (Fsp3) is 0.875. The lowest BCUT2D eigenvalue weighted by atomic mass is 10.1. The van der Waals surface area contributed by atoms with Crippen LogP contribution in [0.15, 0.2) is 0 Å². The highest BCUT2D eigenvalue weighted by molar-refractivity contribution is 5.66. The van der Waals surface area contributed by atoms with Crippen molar-refractivity contribution in [2.75, 3.05) is 6.54 Å². The molecule has 11 heavy (non-hydrogen) atoms. The van der Waals surface area contributed by atoms with Crippen molar-refractivity contribution in [2.24, 2.45) is 5.92 Å². The Hall–Kier alpha value is -0.570. The summed E-state index contributed by atoms with van der Waals surface area (Å²) in [4.78, 5) is 10.6. The molecule has 3 nitrogen and oxygen atoms in total. The molecule has 1 saturated carbocycles. The predicted molar refractivity (Wildman–Crippen MR) is 40.1 cm³/mol. The molecule has 1 N–H and O–H groups in total. The molecule has 62 valence electrons. The van der Waals surface area contributed by atoms with Gasteiger partial charge in [-0.15, -0.1) is 0 Å². The second-order valence-corrected chi connectivity index (χ2v) is 3.50. The Bertz CT molecular complexity index is 181. The summed E-state index contributed by atoms with van der Waals surface area (Å²) in [6, 6.07) is 0.448. The third kappa shape index (κ3) is 1.25. The normalized spacial score (nSPS) is 41.0. The van der Waals surface area contributed by atoms with Crippen LogP contribution in [0.5, 0.6) is 0 Å². The number of esters is 1. The van der Waals surface area contributed by atoms with Crippen LogP contribution in [0.3, 0.4) is 0 Å². The second-order valence-electron chi connectivity index (χ2n) is 3.50. The maximum absolute atomic E-state index is 10.6.